The van der Waals surface area contributed by atoms with Crippen LogP contribution >= 0.6 is 24.0 Å². The lowest BCUT2D eigenvalue weighted by atomic mass is 10.1. The van der Waals surface area contributed by atoms with Crippen LogP contribution in [0.1, 0.15) is 25.0 Å². The number of rotatable bonds is 11. The molecule has 0 aromatic heterocycles. The van der Waals surface area contributed by atoms with Crippen LogP contribution in [0, 0.1) is 0 Å². The number of nitrogens with zero attached hydrogens (tertiary/aromatic N) is 2. The van der Waals surface area contributed by atoms with E-state index in [9.17, 15) is 4.79 Å². The van der Waals surface area contributed by atoms with Gasteiger partial charge in [-0.2, -0.15) is 0 Å². The molecule has 0 radical (unpaired) electrons. The van der Waals surface area contributed by atoms with Gasteiger partial charge in [0.25, 0.3) is 5.91 Å². The molecule has 0 fully saturated rings. The first-order chi connectivity index (χ1) is 14.5. The molecule has 0 spiro atoms. The zero-order valence-corrected chi connectivity index (χ0v) is 20.8. The first-order valence-electron chi connectivity index (χ1n) is 10.2. The van der Waals surface area contributed by atoms with E-state index in [2.05, 4.69) is 29.3 Å². The van der Waals surface area contributed by atoms with E-state index in [1.54, 1.807) is 0 Å². The summed E-state index contributed by atoms with van der Waals surface area (Å²) in [4.78, 5) is 17.6. The van der Waals surface area contributed by atoms with Crippen molar-refractivity contribution in [1.29, 1.82) is 0 Å². The molecule has 2 aromatic carbocycles. The highest BCUT2D eigenvalue weighted by Crippen LogP contribution is 2.14. The summed E-state index contributed by atoms with van der Waals surface area (Å²) in [5.74, 6) is 1.89. The maximum atomic E-state index is 10.8. The van der Waals surface area contributed by atoms with Crippen LogP contribution in [0.3, 0.4) is 0 Å². The predicted octanol–water partition coefficient (Wildman–Crippen LogP) is 3.21. The average Bonchev–Trinajstić information content (AvgIpc) is 2.74. The van der Waals surface area contributed by atoms with Crippen molar-refractivity contribution in [2.75, 3.05) is 33.4 Å². The van der Waals surface area contributed by atoms with E-state index in [1.165, 1.54) is 5.56 Å². The monoisotopic (exact) mass is 540 g/mol. The van der Waals surface area contributed by atoms with Crippen molar-refractivity contribution in [2.45, 2.75) is 26.8 Å². The fraction of sp³-hybridized carbons (Fsp3) is 0.391. The molecule has 2 aromatic rings. The van der Waals surface area contributed by atoms with Gasteiger partial charge in [0.15, 0.2) is 12.6 Å². The van der Waals surface area contributed by atoms with Crippen molar-refractivity contribution in [3.8, 4) is 11.5 Å². The molecule has 31 heavy (non-hydrogen) atoms. The quantitative estimate of drug-likeness (QED) is 0.260. The van der Waals surface area contributed by atoms with Gasteiger partial charge in [0, 0.05) is 26.7 Å². The molecular weight excluding hydrogens is 507 g/mol. The molecule has 170 valence electrons. The van der Waals surface area contributed by atoms with Crippen molar-refractivity contribution in [3.05, 3.63) is 59.7 Å². The maximum absolute atomic E-state index is 10.8. The third-order valence-corrected chi connectivity index (χ3v) is 4.32. The lowest BCUT2D eigenvalue weighted by molar-refractivity contribution is -0.119. The van der Waals surface area contributed by atoms with Gasteiger partial charge in [0.05, 0.1) is 6.61 Å². The summed E-state index contributed by atoms with van der Waals surface area (Å²) in [5.41, 5.74) is 7.43. The first-order valence-corrected chi connectivity index (χ1v) is 10.2. The van der Waals surface area contributed by atoms with Gasteiger partial charge >= 0.3 is 0 Å². The predicted molar refractivity (Wildman–Crippen MR) is 135 cm³/mol. The van der Waals surface area contributed by atoms with Crippen LogP contribution in [0.4, 0.5) is 0 Å². The van der Waals surface area contributed by atoms with Gasteiger partial charge < -0.3 is 25.4 Å². The van der Waals surface area contributed by atoms with E-state index in [-0.39, 0.29) is 30.6 Å². The van der Waals surface area contributed by atoms with Crippen LogP contribution in [0.5, 0.6) is 11.5 Å². The molecule has 1 amide bonds. The number of guanidine groups is 1. The second-order valence-electron chi connectivity index (χ2n) is 6.82. The second kappa shape index (κ2) is 14.5. The summed E-state index contributed by atoms with van der Waals surface area (Å²) in [6.07, 6.45) is 0.807. The molecule has 3 N–H and O–H groups in total. The number of ether oxygens (including phenoxy) is 2. The Labute approximate surface area is 202 Å². The lowest BCUT2D eigenvalue weighted by Gasteiger charge is -2.22. The van der Waals surface area contributed by atoms with E-state index in [4.69, 9.17) is 20.2 Å². The summed E-state index contributed by atoms with van der Waals surface area (Å²) >= 11 is 0. The van der Waals surface area contributed by atoms with Crippen LogP contribution in [0.2, 0.25) is 0 Å². The van der Waals surface area contributed by atoms with E-state index < -0.39 is 5.91 Å². The van der Waals surface area contributed by atoms with Gasteiger partial charge in [-0.05, 0) is 55.7 Å². The molecular formula is C23H33IN4O3. The number of carbonyl (C=O) groups is 1. The Morgan fingerprint density at radius 2 is 1.58 bits per heavy atom. The zero-order chi connectivity index (χ0) is 21.8. The van der Waals surface area contributed by atoms with Crippen LogP contribution in [-0.2, 0) is 17.8 Å². The van der Waals surface area contributed by atoms with Crippen molar-refractivity contribution < 1.29 is 14.3 Å². The number of primary amides is 1. The van der Waals surface area contributed by atoms with Gasteiger partial charge in [-0.25, -0.2) is 0 Å². The van der Waals surface area contributed by atoms with Gasteiger partial charge in [0.2, 0.25) is 0 Å². The molecule has 0 aliphatic carbocycles. The van der Waals surface area contributed by atoms with E-state index in [1.807, 2.05) is 50.4 Å². The number of nitrogens with two attached hydrogens (primary N) is 1. The van der Waals surface area contributed by atoms with Crippen molar-refractivity contribution in [3.63, 3.8) is 0 Å². The van der Waals surface area contributed by atoms with Gasteiger partial charge in [0.1, 0.15) is 11.5 Å². The number of hydrogen-bond acceptors (Lipinski definition) is 4. The fourth-order valence-corrected chi connectivity index (χ4v) is 2.87. The number of halogens is 1. The molecule has 0 saturated heterocycles. The normalized spacial score (nSPS) is 10.7. The molecule has 0 saturated carbocycles. The number of aliphatic imine (C=N–C) groups is 1. The number of carbonyl (C=O) groups excluding carboxylic acids is 1. The molecule has 8 heteroatoms. The van der Waals surface area contributed by atoms with Crippen LogP contribution < -0.4 is 20.5 Å². The highest BCUT2D eigenvalue weighted by atomic mass is 127. The van der Waals surface area contributed by atoms with E-state index in [0.717, 1.165) is 36.8 Å². The third kappa shape index (κ3) is 9.91. The Morgan fingerprint density at radius 1 is 1.00 bits per heavy atom. The molecule has 0 aliphatic rings. The minimum atomic E-state index is -0.487. The first kappa shape index (κ1) is 26.5. The minimum absolute atomic E-state index is 0. The molecule has 0 aliphatic heterocycles. The van der Waals surface area contributed by atoms with Crippen LogP contribution in [0.25, 0.3) is 0 Å². The second-order valence-corrected chi connectivity index (χ2v) is 6.82. The molecule has 0 bridgehead atoms. The van der Waals surface area contributed by atoms with Crippen molar-refractivity contribution in [2.24, 2.45) is 10.7 Å². The molecule has 0 unspecified atom stereocenters. The highest BCUT2D eigenvalue weighted by Gasteiger charge is 2.07. The smallest absolute Gasteiger partial charge is 0.255 e. The largest absolute Gasteiger partial charge is 0.494 e. The molecule has 7 nitrogen and oxygen atoms in total. The number of hydrogen-bond donors (Lipinski definition) is 2. The Balaban J connectivity index is 0.00000480. The summed E-state index contributed by atoms with van der Waals surface area (Å²) in [7, 11) is 2.03. The lowest BCUT2D eigenvalue weighted by Crippen LogP contribution is -2.38. The highest BCUT2D eigenvalue weighted by molar-refractivity contribution is 14.0. The summed E-state index contributed by atoms with van der Waals surface area (Å²) < 4.78 is 10.8. The number of amides is 1. The molecule has 0 atom stereocenters. The van der Waals surface area contributed by atoms with Crippen LogP contribution in [0.15, 0.2) is 53.5 Å². The topological polar surface area (TPSA) is 89.2 Å². The van der Waals surface area contributed by atoms with Gasteiger partial charge in [-0.15, -0.1) is 24.0 Å². The van der Waals surface area contributed by atoms with Crippen molar-refractivity contribution in [1.82, 2.24) is 10.2 Å². The summed E-state index contributed by atoms with van der Waals surface area (Å²) in [6.45, 7) is 6.81. The van der Waals surface area contributed by atoms with E-state index >= 15 is 0 Å². The molecule has 0 heterocycles. The summed E-state index contributed by atoms with van der Waals surface area (Å²) in [5, 5.41) is 3.34. The average molecular weight is 540 g/mol. The van der Waals surface area contributed by atoms with Crippen LogP contribution in [-0.4, -0.2) is 50.1 Å². The Hall–Kier alpha value is -2.49. The third-order valence-electron chi connectivity index (χ3n) is 4.32. The van der Waals surface area contributed by atoms with E-state index in [0.29, 0.717) is 18.9 Å². The van der Waals surface area contributed by atoms with Gasteiger partial charge in [-0.1, -0.05) is 24.3 Å². The number of nitrogens with one attached hydrogen (secondary N) is 1. The number of benzene rings is 2. The standard InChI is InChI=1S/C23H32N4O3.HI/c1-4-25-23(27(3)16-19-8-12-20(13-9-19)29-5-2)26-15-14-18-6-10-21(11-7-18)30-17-22(24)28;/h6-13H,4-5,14-17H2,1-3H3,(H2,24,28)(H,25,26);1H. The molecule has 2 rings (SSSR count). The zero-order valence-electron chi connectivity index (χ0n) is 18.5. The Kier molecular flexibility index (Phi) is 12.4. The Morgan fingerprint density at radius 3 is 2.13 bits per heavy atom. The maximum Gasteiger partial charge on any atom is 0.255 e. The minimum Gasteiger partial charge on any atom is -0.494 e. The Bertz CT molecular complexity index is 811. The SMILES string of the molecule is CCNC(=NCCc1ccc(OCC(N)=O)cc1)N(C)Cc1ccc(OCC)cc1.I. The fourth-order valence-electron chi connectivity index (χ4n) is 2.87. The van der Waals surface area contributed by atoms with Gasteiger partial charge in [-0.3, -0.25) is 9.79 Å². The summed E-state index contributed by atoms with van der Waals surface area (Å²) in [6, 6.07) is 15.8. The van der Waals surface area contributed by atoms with Crippen molar-refractivity contribution >= 4 is 35.8 Å².